The molecule has 5 heterocycles. The van der Waals surface area contributed by atoms with Gasteiger partial charge in [0, 0.05) is 55.1 Å². The Bertz CT molecular complexity index is 2160. The summed E-state index contributed by atoms with van der Waals surface area (Å²) in [5, 5.41) is 19.1. The van der Waals surface area contributed by atoms with E-state index in [2.05, 4.69) is 56.2 Å². The van der Waals surface area contributed by atoms with Gasteiger partial charge in [0.2, 0.25) is 17.7 Å². The van der Waals surface area contributed by atoms with Gasteiger partial charge in [-0.1, -0.05) is 36.8 Å². The maximum atomic E-state index is 13.4. The van der Waals surface area contributed by atoms with Crippen LogP contribution in [0.4, 0.5) is 11.4 Å². The van der Waals surface area contributed by atoms with Crippen molar-refractivity contribution in [1.82, 2.24) is 20.1 Å². The van der Waals surface area contributed by atoms with Gasteiger partial charge in [0.05, 0.1) is 23.8 Å². The van der Waals surface area contributed by atoms with E-state index < -0.39 is 29.7 Å². The lowest BCUT2D eigenvalue weighted by molar-refractivity contribution is -0.136. The molecule has 4 atom stereocenters. The molecular formula is C43H44N6O6. The van der Waals surface area contributed by atoms with Crippen molar-refractivity contribution < 1.29 is 29.1 Å². The largest absolute Gasteiger partial charge is 0.394 e. The standard InChI is InChI=1S/C43H44N6O6/c50-25-35-31-18-21-48(24-26-16-19-44-20-17-26)40(31)33-23-29(12-13-34(33)46-35)28-8-4-9-30(22-28)45-37(51)11-3-1-2-6-27-7-5-10-32-39(27)43(55)49(42(32)54)36-14-15-38(52)47-41(36)53/h4-5,7-10,12-13,16-17,19-20,22-23,31,35-36,40,46,50H,1-3,6,11,14-15,18,21,24-25H2,(H,45,51)(H,47,52,53)/t31-,35-,36?,40-/m1/s1. The number of hydrogen-bond acceptors (Lipinski definition) is 9. The van der Waals surface area contributed by atoms with Gasteiger partial charge in [-0.25, -0.2) is 0 Å². The number of likely N-dealkylation sites (tertiary alicyclic amines) is 1. The molecule has 4 N–H and O–H groups in total. The predicted molar refractivity (Wildman–Crippen MR) is 206 cm³/mol. The second-order valence-electron chi connectivity index (χ2n) is 14.9. The maximum absolute atomic E-state index is 13.4. The third-order valence-electron chi connectivity index (χ3n) is 11.5. The van der Waals surface area contributed by atoms with E-state index in [0.29, 0.717) is 31.2 Å². The number of benzene rings is 3. The first kappa shape index (κ1) is 36.3. The number of piperidine rings is 1. The number of rotatable bonds is 12. The van der Waals surface area contributed by atoms with Crippen LogP contribution in [-0.4, -0.2) is 74.7 Å². The fourth-order valence-electron chi connectivity index (χ4n) is 8.81. The molecule has 12 nitrogen and oxygen atoms in total. The topological polar surface area (TPSA) is 161 Å². The Hall–Kier alpha value is -5.72. The van der Waals surface area contributed by atoms with Crippen molar-refractivity contribution in [3.05, 3.63) is 113 Å². The van der Waals surface area contributed by atoms with E-state index in [-0.39, 0.29) is 48.9 Å². The SMILES string of the molecule is O=C1CCC(N2C(=O)c3cccc(CCCCCC(=O)Nc4cccc(-c5ccc6c(c5)[C@H]5[C@H](CCN5Cc5ccncc5)[C@@H](CO)N6)c4)c3C2=O)C(=O)N1. The number of aromatic nitrogens is 1. The fourth-order valence-corrected chi connectivity index (χ4v) is 8.81. The van der Waals surface area contributed by atoms with Crippen LogP contribution in [0.5, 0.6) is 0 Å². The Morgan fingerprint density at radius 3 is 2.53 bits per heavy atom. The Labute approximate surface area is 319 Å². The highest BCUT2D eigenvalue weighted by Gasteiger charge is 2.46. The van der Waals surface area contributed by atoms with E-state index in [1.54, 1.807) is 12.1 Å². The predicted octanol–water partition coefficient (Wildman–Crippen LogP) is 5.24. The summed E-state index contributed by atoms with van der Waals surface area (Å²) in [6, 6.07) is 22.8. The number of amides is 5. The van der Waals surface area contributed by atoms with Crippen LogP contribution in [0.15, 0.2) is 85.2 Å². The molecule has 0 saturated carbocycles. The number of fused-ring (bicyclic) bond motifs is 4. The number of hydrogen-bond donors (Lipinski definition) is 4. The summed E-state index contributed by atoms with van der Waals surface area (Å²) in [5.74, 6) is -1.84. The summed E-state index contributed by atoms with van der Waals surface area (Å²) in [4.78, 5) is 71.3. The molecule has 8 rings (SSSR count). The number of aliphatic hydroxyl groups excluding tert-OH is 1. The van der Waals surface area contributed by atoms with Crippen LogP contribution >= 0.6 is 0 Å². The lowest BCUT2D eigenvalue weighted by atomic mass is 9.82. The van der Waals surface area contributed by atoms with Crippen LogP contribution in [0.2, 0.25) is 0 Å². The number of carbonyl (C=O) groups excluding carboxylic acids is 5. The Kier molecular flexibility index (Phi) is 10.3. The van der Waals surface area contributed by atoms with E-state index in [0.717, 1.165) is 58.9 Å². The third kappa shape index (κ3) is 7.27. The second kappa shape index (κ2) is 15.6. The molecular weight excluding hydrogens is 697 g/mol. The van der Waals surface area contributed by atoms with Crippen LogP contribution < -0.4 is 16.0 Å². The highest BCUT2D eigenvalue weighted by atomic mass is 16.3. The first-order valence-corrected chi connectivity index (χ1v) is 19.2. The molecule has 282 valence electrons. The van der Waals surface area contributed by atoms with Gasteiger partial charge in [0.15, 0.2) is 0 Å². The zero-order valence-electron chi connectivity index (χ0n) is 30.5. The first-order valence-electron chi connectivity index (χ1n) is 19.2. The summed E-state index contributed by atoms with van der Waals surface area (Å²) in [6.45, 7) is 1.84. The summed E-state index contributed by atoms with van der Waals surface area (Å²) in [5.41, 5.74) is 7.60. The van der Waals surface area contributed by atoms with Crippen molar-refractivity contribution in [2.45, 2.75) is 76.0 Å². The van der Waals surface area contributed by atoms with Gasteiger partial charge in [-0.05, 0) is 109 Å². The smallest absolute Gasteiger partial charge is 0.262 e. The van der Waals surface area contributed by atoms with Gasteiger partial charge in [-0.15, -0.1) is 0 Å². The van der Waals surface area contributed by atoms with Crippen molar-refractivity contribution in [2.24, 2.45) is 5.92 Å². The van der Waals surface area contributed by atoms with E-state index in [1.165, 1.54) is 11.1 Å². The second-order valence-corrected chi connectivity index (χ2v) is 14.9. The average molecular weight is 741 g/mol. The number of aryl methyl sites for hydroxylation is 1. The van der Waals surface area contributed by atoms with Gasteiger partial charge >= 0.3 is 0 Å². The van der Waals surface area contributed by atoms with E-state index in [4.69, 9.17) is 0 Å². The third-order valence-corrected chi connectivity index (χ3v) is 11.5. The zero-order valence-corrected chi connectivity index (χ0v) is 30.5. The summed E-state index contributed by atoms with van der Waals surface area (Å²) in [6.07, 6.45) is 7.85. The van der Waals surface area contributed by atoms with Gasteiger partial charge in [0.25, 0.3) is 11.8 Å². The van der Waals surface area contributed by atoms with Crippen LogP contribution in [0, 0.1) is 5.92 Å². The van der Waals surface area contributed by atoms with Crippen molar-refractivity contribution in [3.63, 3.8) is 0 Å². The number of imide groups is 2. The zero-order chi connectivity index (χ0) is 38.1. The van der Waals surface area contributed by atoms with Crippen molar-refractivity contribution >= 4 is 40.9 Å². The van der Waals surface area contributed by atoms with Crippen molar-refractivity contribution in [2.75, 3.05) is 23.8 Å². The molecule has 1 unspecified atom stereocenters. The highest BCUT2D eigenvalue weighted by molar-refractivity contribution is 6.24. The number of unbranched alkanes of at least 4 members (excludes halogenated alkanes) is 2. The minimum atomic E-state index is -0.998. The maximum Gasteiger partial charge on any atom is 0.262 e. The lowest BCUT2D eigenvalue weighted by Gasteiger charge is -2.39. The molecule has 0 bridgehead atoms. The molecule has 0 spiro atoms. The van der Waals surface area contributed by atoms with Gasteiger partial charge < -0.3 is 15.7 Å². The lowest BCUT2D eigenvalue weighted by Crippen LogP contribution is -2.54. The number of anilines is 2. The summed E-state index contributed by atoms with van der Waals surface area (Å²) >= 11 is 0. The number of nitrogens with one attached hydrogen (secondary N) is 3. The molecule has 5 amide bonds. The molecule has 12 heteroatoms. The van der Waals surface area contributed by atoms with Crippen molar-refractivity contribution in [1.29, 1.82) is 0 Å². The first-order chi connectivity index (χ1) is 26.8. The highest BCUT2D eigenvalue weighted by Crippen LogP contribution is 2.48. The molecule has 3 aromatic carbocycles. The minimum Gasteiger partial charge on any atom is -0.394 e. The van der Waals surface area contributed by atoms with E-state index in [1.807, 2.05) is 42.7 Å². The Morgan fingerprint density at radius 1 is 0.891 bits per heavy atom. The van der Waals surface area contributed by atoms with Crippen LogP contribution in [0.25, 0.3) is 11.1 Å². The Balaban J connectivity index is 0.871. The van der Waals surface area contributed by atoms with Gasteiger partial charge in [0.1, 0.15) is 6.04 Å². The molecule has 0 aliphatic carbocycles. The van der Waals surface area contributed by atoms with E-state index in [9.17, 15) is 29.1 Å². The molecule has 2 fully saturated rings. The van der Waals surface area contributed by atoms with E-state index >= 15 is 0 Å². The average Bonchev–Trinajstić information content (AvgIpc) is 3.72. The van der Waals surface area contributed by atoms with Crippen molar-refractivity contribution in [3.8, 4) is 11.1 Å². The number of pyridine rings is 1. The van der Waals surface area contributed by atoms with Crippen LogP contribution in [0.3, 0.4) is 0 Å². The normalized spacial score (nSPS) is 21.8. The molecule has 2 saturated heterocycles. The molecule has 1 aromatic heterocycles. The summed E-state index contributed by atoms with van der Waals surface area (Å²) < 4.78 is 0. The molecule has 0 radical (unpaired) electrons. The molecule has 4 aliphatic rings. The fraction of sp³-hybridized carbons (Fsp3) is 0.349. The van der Waals surface area contributed by atoms with Gasteiger partial charge in [-0.3, -0.25) is 44.1 Å². The minimum absolute atomic E-state index is 0.00363. The molecule has 4 aliphatic heterocycles. The number of carbonyl (C=O) groups is 5. The van der Waals surface area contributed by atoms with Crippen LogP contribution in [0.1, 0.15) is 88.4 Å². The number of nitrogens with zero attached hydrogens (tertiary/aromatic N) is 3. The van der Waals surface area contributed by atoms with Gasteiger partial charge in [-0.2, -0.15) is 0 Å². The molecule has 55 heavy (non-hydrogen) atoms. The molecule has 4 aromatic rings. The Morgan fingerprint density at radius 2 is 1.71 bits per heavy atom. The quantitative estimate of drug-likeness (QED) is 0.113. The van der Waals surface area contributed by atoms with Crippen LogP contribution in [-0.2, 0) is 27.3 Å². The summed E-state index contributed by atoms with van der Waals surface area (Å²) in [7, 11) is 0. The monoisotopic (exact) mass is 740 g/mol. The number of aliphatic hydroxyl groups is 1.